The Kier molecular flexibility index (Phi) is 15.6. The van der Waals surface area contributed by atoms with Gasteiger partial charge < -0.3 is 32.9 Å². The second-order valence-electron chi connectivity index (χ2n) is 9.93. The highest BCUT2D eigenvalue weighted by atomic mass is 32.5. The second kappa shape index (κ2) is 17.5. The zero-order valence-corrected chi connectivity index (χ0v) is 26.1. The van der Waals surface area contributed by atoms with Crippen LogP contribution in [-0.2, 0) is 39.4 Å². The average Bonchev–Trinajstić information content (AvgIpc) is 3.45. The fourth-order valence-corrected chi connectivity index (χ4v) is 8.56. The van der Waals surface area contributed by atoms with Gasteiger partial charge in [-0.1, -0.05) is 0 Å². The molecule has 0 aromatic carbocycles. The van der Waals surface area contributed by atoms with Crippen molar-refractivity contribution in [2.75, 3.05) is 40.1 Å². The van der Waals surface area contributed by atoms with Crippen molar-refractivity contribution in [2.45, 2.75) is 103 Å². The number of rotatable bonds is 18. The molecule has 2 heterocycles. The Hall–Kier alpha value is -0.300. The largest absolute Gasteiger partial charge is 0.374 e. The summed E-state index contributed by atoms with van der Waals surface area (Å²) in [6.07, 6.45) is 1.86. The van der Waals surface area contributed by atoms with Crippen LogP contribution in [0, 0.1) is 22.7 Å². The van der Waals surface area contributed by atoms with Crippen LogP contribution >= 0.6 is 15.2 Å². The van der Waals surface area contributed by atoms with E-state index < -0.39 is 15.2 Å². The van der Waals surface area contributed by atoms with Gasteiger partial charge in [0.2, 0.25) is 0 Å². The number of nitriles is 2. The molecule has 218 valence electrons. The number of nitrogens with zero attached hydrogens (tertiary/aromatic N) is 3. The van der Waals surface area contributed by atoms with Crippen molar-refractivity contribution in [1.29, 1.82) is 10.5 Å². The smallest absolute Gasteiger partial charge is 0.261 e. The molecule has 0 bridgehead atoms. The van der Waals surface area contributed by atoms with Crippen LogP contribution in [0.5, 0.6) is 0 Å². The standard InChI is InChI=1S/C24H45N5O6P2S/c1-18(2)29(19(3)4)36(31-12-7-10-25)32-16-23-21(9-14-30-23)28-37(38,33-13-8-11-26)34-17-24-22(27-6)15-20(5)35-24/h18-24,27H,7-9,12-17H2,1-6H3,(H,28,38)/t20-,21-,22-,23+,24+,36?,37?/m0/s1. The minimum absolute atomic E-state index is 0.134. The third-order valence-electron chi connectivity index (χ3n) is 6.24. The maximum atomic E-state index is 9.00. The van der Waals surface area contributed by atoms with Crippen LogP contribution in [0.1, 0.15) is 60.3 Å². The van der Waals surface area contributed by atoms with Crippen LogP contribution in [0.4, 0.5) is 0 Å². The van der Waals surface area contributed by atoms with Crippen LogP contribution < -0.4 is 10.4 Å². The van der Waals surface area contributed by atoms with Crippen LogP contribution in [-0.4, -0.2) is 87.2 Å². The predicted octanol–water partition coefficient (Wildman–Crippen LogP) is 3.96. The Morgan fingerprint density at radius 2 is 1.71 bits per heavy atom. The van der Waals surface area contributed by atoms with E-state index in [-0.39, 0.29) is 62.1 Å². The van der Waals surface area contributed by atoms with E-state index in [0.717, 1.165) is 12.8 Å². The maximum Gasteiger partial charge on any atom is 0.261 e. The molecule has 2 saturated heterocycles. The van der Waals surface area contributed by atoms with E-state index in [4.69, 9.17) is 49.9 Å². The molecular formula is C24H45N5O6P2S. The van der Waals surface area contributed by atoms with Crippen molar-refractivity contribution in [2.24, 2.45) is 0 Å². The third kappa shape index (κ3) is 10.9. The van der Waals surface area contributed by atoms with Crippen molar-refractivity contribution in [3.8, 4) is 12.1 Å². The molecule has 2 aliphatic rings. The monoisotopic (exact) mass is 593 g/mol. The number of hydrogen-bond donors (Lipinski definition) is 2. The zero-order chi connectivity index (χ0) is 28.1. The van der Waals surface area contributed by atoms with E-state index in [1.807, 2.05) is 14.0 Å². The number of likely N-dealkylation sites (N-methyl/N-ethyl adjacent to an activating group) is 1. The molecule has 38 heavy (non-hydrogen) atoms. The molecule has 2 unspecified atom stereocenters. The van der Waals surface area contributed by atoms with E-state index in [1.165, 1.54) is 0 Å². The van der Waals surface area contributed by atoms with Gasteiger partial charge >= 0.3 is 0 Å². The van der Waals surface area contributed by atoms with Crippen molar-refractivity contribution in [3.63, 3.8) is 0 Å². The molecule has 0 amide bonds. The highest BCUT2D eigenvalue weighted by molar-refractivity contribution is 8.09. The third-order valence-corrected chi connectivity index (χ3v) is 10.9. The molecule has 2 aliphatic heterocycles. The summed E-state index contributed by atoms with van der Waals surface area (Å²) < 4.78 is 38.7. The minimum Gasteiger partial charge on any atom is -0.374 e. The Labute approximate surface area is 235 Å². The van der Waals surface area contributed by atoms with Gasteiger partial charge in [0, 0.05) is 30.8 Å². The van der Waals surface area contributed by atoms with Gasteiger partial charge in [0.15, 0.2) is 0 Å². The van der Waals surface area contributed by atoms with Crippen molar-refractivity contribution in [1.82, 2.24) is 15.1 Å². The minimum atomic E-state index is -2.95. The zero-order valence-electron chi connectivity index (χ0n) is 23.5. The number of ether oxygens (including phenoxy) is 2. The van der Waals surface area contributed by atoms with Crippen molar-refractivity contribution >= 4 is 27.0 Å². The Bertz CT molecular complexity index is 821. The highest BCUT2D eigenvalue weighted by Crippen LogP contribution is 2.48. The molecule has 11 nitrogen and oxygen atoms in total. The highest BCUT2D eigenvalue weighted by Gasteiger charge is 2.38. The molecule has 0 radical (unpaired) electrons. The molecule has 0 aliphatic carbocycles. The summed E-state index contributed by atoms with van der Waals surface area (Å²) in [5.41, 5.74) is 0. The first-order valence-corrected chi connectivity index (χ1v) is 17.1. The van der Waals surface area contributed by atoms with E-state index in [0.29, 0.717) is 26.2 Å². The molecular weight excluding hydrogens is 548 g/mol. The number of hydrogen-bond acceptors (Lipinski definition) is 11. The first-order valence-electron chi connectivity index (χ1n) is 13.3. The van der Waals surface area contributed by atoms with Gasteiger partial charge in [0.1, 0.15) is 0 Å². The van der Waals surface area contributed by atoms with Gasteiger partial charge in [-0.05, 0) is 66.3 Å². The fourth-order valence-electron chi connectivity index (χ4n) is 4.53. The lowest BCUT2D eigenvalue weighted by Gasteiger charge is -2.36. The van der Waals surface area contributed by atoms with Gasteiger partial charge in [0.05, 0.1) is 69.7 Å². The summed E-state index contributed by atoms with van der Waals surface area (Å²) in [6, 6.07) is 4.65. The van der Waals surface area contributed by atoms with Crippen LogP contribution in [0.25, 0.3) is 0 Å². The van der Waals surface area contributed by atoms with Crippen LogP contribution in [0.2, 0.25) is 0 Å². The topological polar surface area (TPSA) is 130 Å². The molecule has 2 N–H and O–H groups in total. The van der Waals surface area contributed by atoms with Gasteiger partial charge in [-0.25, -0.2) is 9.76 Å². The first kappa shape index (κ1) is 33.9. The molecule has 2 fully saturated rings. The molecule has 14 heteroatoms. The molecule has 7 atom stereocenters. The van der Waals surface area contributed by atoms with Gasteiger partial charge in [-0.2, -0.15) is 10.5 Å². The maximum absolute atomic E-state index is 9.00. The molecule has 2 rings (SSSR count). The number of nitrogens with one attached hydrogen (secondary N) is 2. The predicted molar refractivity (Wildman–Crippen MR) is 151 cm³/mol. The van der Waals surface area contributed by atoms with Gasteiger partial charge in [0.25, 0.3) is 15.2 Å². The van der Waals surface area contributed by atoms with Crippen LogP contribution in [0.3, 0.4) is 0 Å². The van der Waals surface area contributed by atoms with E-state index in [2.05, 4.69) is 54.9 Å². The Morgan fingerprint density at radius 3 is 2.34 bits per heavy atom. The fraction of sp³-hybridized carbons (Fsp3) is 0.917. The summed E-state index contributed by atoms with van der Waals surface area (Å²) >= 11 is 5.87. The van der Waals surface area contributed by atoms with E-state index in [9.17, 15) is 0 Å². The molecule has 0 spiro atoms. The Morgan fingerprint density at radius 1 is 1.03 bits per heavy atom. The second-order valence-corrected chi connectivity index (χ2v) is 14.6. The normalized spacial score (nSPS) is 28.0. The van der Waals surface area contributed by atoms with E-state index >= 15 is 0 Å². The lowest BCUT2D eigenvalue weighted by molar-refractivity contribution is 0.0170. The summed E-state index contributed by atoms with van der Waals surface area (Å²) in [4.78, 5) is 0. The van der Waals surface area contributed by atoms with Crippen molar-refractivity contribution < 1.29 is 27.6 Å². The average molecular weight is 594 g/mol. The quantitative estimate of drug-likeness (QED) is 0.176. The van der Waals surface area contributed by atoms with Crippen LogP contribution in [0.15, 0.2) is 0 Å². The lowest BCUT2D eigenvalue weighted by atomic mass is 10.1. The summed E-state index contributed by atoms with van der Waals surface area (Å²) in [5, 5.41) is 24.7. The molecule has 0 aromatic heterocycles. The summed E-state index contributed by atoms with van der Waals surface area (Å²) in [6.45, 7) is 9.12. The van der Waals surface area contributed by atoms with Gasteiger partial charge in [-0.15, -0.1) is 0 Å². The molecule has 0 saturated carbocycles. The Balaban J connectivity index is 2.05. The summed E-state index contributed by atoms with van der Waals surface area (Å²) in [5.74, 6) is 0. The molecule has 0 aromatic rings. The van der Waals surface area contributed by atoms with Crippen molar-refractivity contribution in [3.05, 3.63) is 0 Å². The first-order chi connectivity index (χ1) is 18.1. The SMILES string of the molecule is CN[C@H]1C[C@H](C)O[C@@H]1COP(=S)(N[C@H]1CCO[C@@H]1COP(OCCC#N)N(C(C)C)C(C)C)OCCC#N. The van der Waals surface area contributed by atoms with E-state index in [1.54, 1.807) is 0 Å². The lowest BCUT2D eigenvalue weighted by Crippen LogP contribution is -2.40. The summed E-state index contributed by atoms with van der Waals surface area (Å²) in [7, 11) is 0.529. The van der Waals surface area contributed by atoms with Gasteiger partial charge in [-0.3, -0.25) is 0 Å².